The maximum Gasteiger partial charge on any atom is 0.586 e. The van der Waals surface area contributed by atoms with Crippen LogP contribution in [0.25, 0.3) is 0 Å². The van der Waals surface area contributed by atoms with Gasteiger partial charge in [0, 0.05) is 0 Å². The highest BCUT2D eigenvalue weighted by Crippen LogP contribution is 2.45. The largest absolute Gasteiger partial charge is 0.586 e. The lowest BCUT2D eigenvalue weighted by atomic mass is 10.1. The molecule has 15 heavy (non-hydrogen) atoms. The molecule has 0 aliphatic carbocycles. The summed E-state index contributed by atoms with van der Waals surface area (Å²) in [6.07, 6.45) is -2.23. The van der Waals surface area contributed by atoms with Crippen LogP contribution in [0.3, 0.4) is 0 Å². The molecular weight excluding hydrogens is 202 g/mol. The molecule has 0 N–H and O–H groups in total. The van der Waals surface area contributed by atoms with Crippen molar-refractivity contribution < 1.29 is 18.3 Å². The summed E-state index contributed by atoms with van der Waals surface area (Å²) in [5, 5.41) is 0. The maximum atomic E-state index is 12.9. The molecule has 0 atom stereocenters. The Labute approximate surface area is 86.8 Å². The Bertz CT molecular complexity index is 353. The number of rotatable bonds is 2. The monoisotopic (exact) mass is 214 g/mol. The van der Waals surface area contributed by atoms with E-state index in [-0.39, 0.29) is 11.5 Å². The number of hydrogen-bond donors (Lipinski definition) is 0. The Morgan fingerprint density at radius 2 is 1.40 bits per heavy atom. The molecule has 0 fully saturated rings. The van der Waals surface area contributed by atoms with E-state index in [0.717, 1.165) is 11.1 Å². The number of ether oxygens (including phenoxy) is 2. The molecule has 2 nitrogen and oxygen atoms in total. The third-order valence-corrected chi connectivity index (χ3v) is 2.48. The van der Waals surface area contributed by atoms with Crippen molar-refractivity contribution in [1.29, 1.82) is 0 Å². The van der Waals surface area contributed by atoms with Crippen LogP contribution in [-0.2, 0) is 12.8 Å². The molecule has 1 aromatic rings. The molecule has 82 valence electrons. The minimum absolute atomic E-state index is 0.196. The van der Waals surface area contributed by atoms with Gasteiger partial charge < -0.3 is 9.47 Å². The third-order valence-electron chi connectivity index (χ3n) is 2.48. The summed E-state index contributed by atoms with van der Waals surface area (Å²) in [5.74, 6) is 0.392. The van der Waals surface area contributed by atoms with Crippen LogP contribution in [0.1, 0.15) is 25.0 Å². The Hall–Kier alpha value is -1.32. The predicted molar refractivity (Wildman–Crippen MR) is 51.4 cm³/mol. The predicted octanol–water partition coefficient (Wildman–Crippen LogP) is 3.13. The quantitative estimate of drug-likeness (QED) is 0.753. The van der Waals surface area contributed by atoms with E-state index in [1.54, 1.807) is 0 Å². The van der Waals surface area contributed by atoms with Crippen molar-refractivity contribution in [2.24, 2.45) is 0 Å². The molecule has 0 amide bonds. The van der Waals surface area contributed by atoms with E-state index in [1.165, 1.54) is 0 Å². The van der Waals surface area contributed by atoms with E-state index >= 15 is 0 Å². The van der Waals surface area contributed by atoms with E-state index in [0.29, 0.717) is 12.8 Å². The van der Waals surface area contributed by atoms with Gasteiger partial charge in [0.15, 0.2) is 11.5 Å². The topological polar surface area (TPSA) is 18.5 Å². The highest BCUT2D eigenvalue weighted by molar-refractivity contribution is 5.54. The second-order valence-corrected chi connectivity index (χ2v) is 3.42. The zero-order valence-corrected chi connectivity index (χ0v) is 8.64. The van der Waals surface area contributed by atoms with Gasteiger partial charge in [-0.25, -0.2) is 0 Å². The molecule has 1 aliphatic heterocycles. The average molecular weight is 214 g/mol. The van der Waals surface area contributed by atoms with E-state index in [4.69, 9.17) is 0 Å². The number of alkyl halides is 2. The van der Waals surface area contributed by atoms with Gasteiger partial charge in [-0.1, -0.05) is 26.0 Å². The zero-order valence-electron chi connectivity index (χ0n) is 8.64. The van der Waals surface area contributed by atoms with Crippen LogP contribution in [0.15, 0.2) is 12.1 Å². The van der Waals surface area contributed by atoms with Crippen molar-refractivity contribution in [1.82, 2.24) is 0 Å². The molecule has 0 aromatic heterocycles. The minimum Gasteiger partial charge on any atom is -0.395 e. The minimum atomic E-state index is -3.52. The van der Waals surface area contributed by atoms with Crippen LogP contribution in [-0.4, -0.2) is 6.29 Å². The summed E-state index contributed by atoms with van der Waals surface area (Å²) in [7, 11) is 0. The molecule has 1 heterocycles. The van der Waals surface area contributed by atoms with Gasteiger partial charge in [-0.05, 0) is 24.0 Å². The van der Waals surface area contributed by atoms with Gasteiger partial charge in [0.1, 0.15) is 0 Å². The molecule has 4 heteroatoms. The van der Waals surface area contributed by atoms with Crippen LogP contribution < -0.4 is 9.47 Å². The Balaban J connectivity index is 2.52. The molecule has 1 aliphatic rings. The number of hydrogen-bond acceptors (Lipinski definition) is 2. The molecule has 0 saturated heterocycles. The van der Waals surface area contributed by atoms with Crippen LogP contribution in [0.2, 0.25) is 0 Å². The lowest BCUT2D eigenvalue weighted by Crippen LogP contribution is -2.26. The van der Waals surface area contributed by atoms with Crippen molar-refractivity contribution in [3.05, 3.63) is 23.3 Å². The van der Waals surface area contributed by atoms with Crippen LogP contribution in [0.4, 0.5) is 8.78 Å². The summed E-state index contributed by atoms with van der Waals surface area (Å²) in [5.41, 5.74) is 1.50. The van der Waals surface area contributed by atoms with Crippen LogP contribution >= 0.6 is 0 Å². The SMILES string of the molecule is CCc1ccc(CC)c2c1OC(F)(F)O2. The van der Waals surface area contributed by atoms with E-state index in [2.05, 4.69) is 9.47 Å². The highest BCUT2D eigenvalue weighted by atomic mass is 19.3. The molecule has 1 aromatic carbocycles. The first-order valence-electron chi connectivity index (χ1n) is 4.98. The van der Waals surface area contributed by atoms with Crippen molar-refractivity contribution in [3.8, 4) is 11.5 Å². The Morgan fingerprint density at radius 1 is 1.00 bits per heavy atom. The van der Waals surface area contributed by atoms with Crippen LogP contribution in [0, 0.1) is 0 Å². The first-order chi connectivity index (χ1) is 7.07. The third kappa shape index (κ3) is 1.64. The van der Waals surface area contributed by atoms with Crippen molar-refractivity contribution in [2.45, 2.75) is 33.0 Å². The van der Waals surface area contributed by atoms with E-state index < -0.39 is 6.29 Å². The van der Waals surface area contributed by atoms with Gasteiger partial charge in [0.2, 0.25) is 0 Å². The zero-order chi connectivity index (χ0) is 11.1. The fourth-order valence-corrected chi connectivity index (χ4v) is 1.68. The summed E-state index contributed by atoms with van der Waals surface area (Å²) in [6.45, 7) is 3.78. The number of aryl methyl sites for hydroxylation is 2. The average Bonchev–Trinajstić information content (AvgIpc) is 2.51. The normalized spacial score (nSPS) is 16.8. The van der Waals surface area contributed by atoms with Gasteiger partial charge in [-0.15, -0.1) is 8.78 Å². The summed E-state index contributed by atoms with van der Waals surface area (Å²) < 4.78 is 34.9. The first kappa shape index (κ1) is 10.2. The highest BCUT2D eigenvalue weighted by Gasteiger charge is 2.45. The fraction of sp³-hybridized carbons (Fsp3) is 0.455. The van der Waals surface area contributed by atoms with E-state index in [1.807, 2.05) is 26.0 Å². The first-order valence-corrected chi connectivity index (χ1v) is 4.98. The van der Waals surface area contributed by atoms with Gasteiger partial charge in [-0.3, -0.25) is 0 Å². The maximum absolute atomic E-state index is 12.9. The standard InChI is InChI=1S/C11H12F2O2/c1-3-7-5-6-8(4-2)10-9(7)14-11(12,13)15-10/h5-6H,3-4H2,1-2H3. The summed E-state index contributed by atoms with van der Waals surface area (Å²) in [4.78, 5) is 0. The smallest absolute Gasteiger partial charge is 0.395 e. The van der Waals surface area contributed by atoms with E-state index in [9.17, 15) is 8.78 Å². The number of halogens is 2. The summed E-state index contributed by atoms with van der Waals surface area (Å²) >= 11 is 0. The molecule has 0 saturated carbocycles. The fourth-order valence-electron chi connectivity index (χ4n) is 1.68. The Kier molecular flexibility index (Phi) is 2.29. The second kappa shape index (κ2) is 3.36. The van der Waals surface area contributed by atoms with Gasteiger partial charge in [0.05, 0.1) is 0 Å². The molecule has 0 unspecified atom stereocenters. The van der Waals surface area contributed by atoms with Crippen molar-refractivity contribution in [2.75, 3.05) is 0 Å². The second-order valence-electron chi connectivity index (χ2n) is 3.42. The van der Waals surface area contributed by atoms with Gasteiger partial charge in [-0.2, -0.15) is 0 Å². The molecular formula is C11H12F2O2. The Morgan fingerprint density at radius 3 is 1.73 bits per heavy atom. The molecule has 0 bridgehead atoms. The van der Waals surface area contributed by atoms with Crippen molar-refractivity contribution >= 4 is 0 Å². The number of fused-ring (bicyclic) bond motifs is 1. The van der Waals surface area contributed by atoms with Gasteiger partial charge in [0.25, 0.3) is 0 Å². The lowest BCUT2D eigenvalue weighted by molar-refractivity contribution is -0.287. The summed E-state index contributed by atoms with van der Waals surface area (Å²) in [6, 6.07) is 3.62. The lowest BCUT2D eigenvalue weighted by Gasteiger charge is -2.05. The molecule has 0 spiro atoms. The number of benzene rings is 1. The molecule has 0 radical (unpaired) electrons. The van der Waals surface area contributed by atoms with Gasteiger partial charge >= 0.3 is 6.29 Å². The van der Waals surface area contributed by atoms with Crippen LogP contribution in [0.5, 0.6) is 11.5 Å². The van der Waals surface area contributed by atoms with Crippen molar-refractivity contribution in [3.63, 3.8) is 0 Å². The molecule has 2 rings (SSSR count).